The van der Waals surface area contributed by atoms with Gasteiger partial charge < -0.3 is 15.5 Å². The predicted molar refractivity (Wildman–Crippen MR) is 85.5 cm³/mol. The lowest BCUT2D eigenvalue weighted by Crippen LogP contribution is -2.46. The van der Waals surface area contributed by atoms with Crippen molar-refractivity contribution >= 4 is 11.6 Å². The van der Waals surface area contributed by atoms with Gasteiger partial charge in [0.2, 0.25) is 5.91 Å². The molecule has 0 radical (unpaired) electrons. The van der Waals surface area contributed by atoms with Crippen LogP contribution in [0.2, 0.25) is 0 Å². The van der Waals surface area contributed by atoms with Crippen LogP contribution in [0.3, 0.4) is 0 Å². The van der Waals surface area contributed by atoms with Crippen molar-refractivity contribution in [2.75, 3.05) is 25.5 Å². The average molecular weight is 287 g/mol. The number of anilines is 1. The van der Waals surface area contributed by atoms with E-state index in [1.165, 1.54) is 0 Å². The highest BCUT2D eigenvalue weighted by molar-refractivity contribution is 5.86. The molecule has 0 saturated carbocycles. The van der Waals surface area contributed by atoms with Gasteiger partial charge >= 0.3 is 0 Å². The van der Waals surface area contributed by atoms with Gasteiger partial charge in [-0.05, 0) is 58.0 Å². The molecule has 0 spiro atoms. The second-order valence-corrected chi connectivity index (χ2v) is 6.51. The van der Waals surface area contributed by atoms with Crippen molar-refractivity contribution in [3.8, 4) is 0 Å². The molecule has 0 bridgehead atoms. The van der Waals surface area contributed by atoms with Crippen molar-refractivity contribution in [1.29, 1.82) is 0 Å². The SMILES string of the molecule is C[C@H]1C[C@H](C(=O)NC2CCN(C)CC2)c2ccccc2N1. The summed E-state index contributed by atoms with van der Waals surface area (Å²) in [6.45, 7) is 4.29. The van der Waals surface area contributed by atoms with Crippen LogP contribution in [0.5, 0.6) is 0 Å². The van der Waals surface area contributed by atoms with Gasteiger partial charge in [0.15, 0.2) is 0 Å². The van der Waals surface area contributed by atoms with E-state index in [0.717, 1.165) is 43.6 Å². The third-order valence-corrected chi connectivity index (χ3v) is 4.71. The summed E-state index contributed by atoms with van der Waals surface area (Å²) in [7, 11) is 2.14. The average Bonchev–Trinajstić information content (AvgIpc) is 2.48. The molecule has 2 atom stereocenters. The van der Waals surface area contributed by atoms with Gasteiger partial charge in [0.25, 0.3) is 0 Å². The summed E-state index contributed by atoms with van der Waals surface area (Å²) in [5, 5.41) is 6.74. The zero-order valence-corrected chi connectivity index (χ0v) is 12.9. The third kappa shape index (κ3) is 3.21. The number of fused-ring (bicyclic) bond motifs is 1. The number of nitrogens with one attached hydrogen (secondary N) is 2. The maximum atomic E-state index is 12.7. The lowest BCUT2D eigenvalue weighted by molar-refractivity contribution is -0.123. The first-order chi connectivity index (χ1) is 10.1. The monoisotopic (exact) mass is 287 g/mol. The maximum Gasteiger partial charge on any atom is 0.227 e. The number of carbonyl (C=O) groups excluding carboxylic acids is 1. The molecule has 4 heteroatoms. The Kier molecular flexibility index (Phi) is 4.15. The molecule has 21 heavy (non-hydrogen) atoms. The number of benzene rings is 1. The molecule has 3 rings (SSSR count). The largest absolute Gasteiger partial charge is 0.382 e. The fourth-order valence-electron chi connectivity index (χ4n) is 3.44. The van der Waals surface area contributed by atoms with Crippen LogP contribution in [0.4, 0.5) is 5.69 Å². The first kappa shape index (κ1) is 14.4. The molecule has 4 nitrogen and oxygen atoms in total. The zero-order chi connectivity index (χ0) is 14.8. The molecule has 1 fully saturated rings. The fraction of sp³-hybridized carbons (Fsp3) is 0.588. The minimum Gasteiger partial charge on any atom is -0.382 e. The number of piperidine rings is 1. The van der Waals surface area contributed by atoms with Crippen LogP contribution in [0.25, 0.3) is 0 Å². The number of rotatable bonds is 2. The highest BCUT2D eigenvalue weighted by Crippen LogP contribution is 2.34. The molecule has 1 aromatic carbocycles. The number of para-hydroxylation sites is 1. The van der Waals surface area contributed by atoms with E-state index >= 15 is 0 Å². The Morgan fingerprint density at radius 2 is 2.00 bits per heavy atom. The minimum atomic E-state index is -0.0166. The van der Waals surface area contributed by atoms with Gasteiger partial charge in [-0.25, -0.2) is 0 Å². The molecule has 2 aliphatic rings. The van der Waals surface area contributed by atoms with Crippen LogP contribution >= 0.6 is 0 Å². The van der Waals surface area contributed by atoms with Gasteiger partial charge in [0.1, 0.15) is 0 Å². The minimum absolute atomic E-state index is 0.0166. The fourth-order valence-corrected chi connectivity index (χ4v) is 3.44. The summed E-state index contributed by atoms with van der Waals surface area (Å²) in [6, 6.07) is 8.87. The molecule has 1 amide bonds. The number of hydrogen-bond donors (Lipinski definition) is 2. The number of hydrogen-bond acceptors (Lipinski definition) is 3. The van der Waals surface area contributed by atoms with E-state index in [2.05, 4.69) is 41.6 Å². The van der Waals surface area contributed by atoms with Gasteiger partial charge in [-0.2, -0.15) is 0 Å². The summed E-state index contributed by atoms with van der Waals surface area (Å²) < 4.78 is 0. The molecule has 2 N–H and O–H groups in total. The molecule has 2 aliphatic heterocycles. The highest BCUT2D eigenvalue weighted by Gasteiger charge is 2.31. The third-order valence-electron chi connectivity index (χ3n) is 4.71. The summed E-state index contributed by atoms with van der Waals surface area (Å²) in [6.07, 6.45) is 2.99. The summed E-state index contributed by atoms with van der Waals surface area (Å²) in [5.74, 6) is 0.183. The number of nitrogens with zero attached hydrogens (tertiary/aromatic N) is 1. The Morgan fingerprint density at radius 3 is 2.76 bits per heavy atom. The van der Waals surface area contributed by atoms with E-state index in [-0.39, 0.29) is 11.8 Å². The van der Waals surface area contributed by atoms with Crippen molar-refractivity contribution in [2.45, 2.75) is 44.2 Å². The first-order valence-electron chi connectivity index (χ1n) is 7.98. The summed E-state index contributed by atoms with van der Waals surface area (Å²) >= 11 is 0. The van der Waals surface area contributed by atoms with Crippen LogP contribution in [-0.4, -0.2) is 43.0 Å². The van der Waals surface area contributed by atoms with Crippen LogP contribution in [-0.2, 0) is 4.79 Å². The molecule has 1 aromatic rings. The van der Waals surface area contributed by atoms with Gasteiger partial charge in [0, 0.05) is 17.8 Å². The Balaban J connectivity index is 1.70. The Morgan fingerprint density at radius 1 is 1.29 bits per heavy atom. The van der Waals surface area contributed by atoms with E-state index in [4.69, 9.17) is 0 Å². The topological polar surface area (TPSA) is 44.4 Å². The van der Waals surface area contributed by atoms with Crippen LogP contribution in [0, 0.1) is 0 Å². The van der Waals surface area contributed by atoms with E-state index in [9.17, 15) is 4.79 Å². The van der Waals surface area contributed by atoms with Crippen LogP contribution < -0.4 is 10.6 Å². The van der Waals surface area contributed by atoms with Crippen LogP contribution in [0.15, 0.2) is 24.3 Å². The van der Waals surface area contributed by atoms with Gasteiger partial charge in [-0.3, -0.25) is 4.79 Å². The molecule has 0 aromatic heterocycles. The van der Waals surface area contributed by atoms with E-state index in [1.807, 2.05) is 12.1 Å². The Hall–Kier alpha value is -1.55. The Labute approximate surface area is 126 Å². The molecule has 0 aliphatic carbocycles. The lowest BCUT2D eigenvalue weighted by atomic mass is 9.86. The second-order valence-electron chi connectivity index (χ2n) is 6.51. The van der Waals surface area contributed by atoms with Gasteiger partial charge in [-0.1, -0.05) is 18.2 Å². The number of carbonyl (C=O) groups is 1. The summed E-state index contributed by atoms with van der Waals surface area (Å²) in [5.41, 5.74) is 2.25. The molecule has 2 heterocycles. The lowest BCUT2D eigenvalue weighted by Gasteiger charge is -2.34. The maximum absolute atomic E-state index is 12.7. The highest BCUT2D eigenvalue weighted by atomic mass is 16.2. The van der Waals surface area contributed by atoms with Crippen molar-refractivity contribution in [3.05, 3.63) is 29.8 Å². The first-order valence-corrected chi connectivity index (χ1v) is 7.98. The van der Waals surface area contributed by atoms with E-state index in [1.54, 1.807) is 0 Å². The zero-order valence-electron chi connectivity index (χ0n) is 12.9. The van der Waals surface area contributed by atoms with Crippen LogP contribution in [0.1, 0.15) is 37.7 Å². The van der Waals surface area contributed by atoms with Gasteiger partial charge in [0.05, 0.1) is 5.92 Å². The van der Waals surface area contributed by atoms with E-state index in [0.29, 0.717) is 12.1 Å². The number of amides is 1. The van der Waals surface area contributed by atoms with Crippen molar-refractivity contribution in [2.24, 2.45) is 0 Å². The number of likely N-dealkylation sites (tertiary alicyclic amines) is 1. The molecule has 1 saturated heterocycles. The quantitative estimate of drug-likeness (QED) is 0.876. The molecule has 114 valence electrons. The normalized spacial score (nSPS) is 26.8. The predicted octanol–water partition coefficient (Wildman–Crippen LogP) is 2.18. The molecular weight excluding hydrogens is 262 g/mol. The Bertz CT molecular complexity index is 509. The van der Waals surface area contributed by atoms with E-state index < -0.39 is 0 Å². The van der Waals surface area contributed by atoms with Crippen molar-refractivity contribution in [3.63, 3.8) is 0 Å². The second kappa shape index (κ2) is 6.06. The molecule has 0 unspecified atom stereocenters. The van der Waals surface area contributed by atoms with Crippen molar-refractivity contribution < 1.29 is 4.79 Å². The smallest absolute Gasteiger partial charge is 0.227 e. The standard InChI is InChI=1S/C17H25N3O/c1-12-11-15(14-5-3-4-6-16(14)18-12)17(21)19-13-7-9-20(2)10-8-13/h3-6,12-13,15,18H,7-11H2,1-2H3,(H,19,21)/t12-,15-/m0/s1. The summed E-state index contributed by atoms with van der Waals surface area (Å²) in [4.78, 5) is 15.0. The van der Waals surface area contributed by atoms with Crippen molar-refractivity contribution in [1.82, 2.24) is 10.2 Å². The molecular formula is C17H25N3O. The van der Waals surface area contributed by atoms with Gasteiger partial charge in [-0.15, -0.1) is 0 Å².